The van der Waals surface area contributed by atoms with Crippen LogP contribution in [0.25, 0.3) is 0 Å². The molecule has 120 valence electrons. The zero-order chi connectivity index (χ0) is 15.4. The quantitative estimate of drug-likeness (QED) is 0.927. The number of rotatable bonds is 3. The van der Waals surface area contributed by atoms with Crippen LogP contribution in [-0.2, 0) is 11.2 Å². The average molecular weight is 321 g/mol. The number of nitrogens with zero attached hydrogens (tertiary/aromatic N) is 1. The zero-order valence-corrected chi connectivity index (χ0v) is 13.9. The van der Waals surface area contributed by atoms with Crippen LogP contribution in [0.2, 0.25) is 5.02 Å². The normalized spacial score (nSPS) is 21.6. The summed E-state index contributed by atoms with van der Waals surface area (Å²) in [4.78, 5) is 15.3. The van der Waals surface area contributed by atoms with Gasteiger partial charge in [0.05, 0.1) is 5.41 Å². The molecule has 4 heteroatoms. The molecule has 2 fully saturated rings. The van der Waals surface area contributed by atoms with Gasteiger partial charge in [-0.2, -0.15) is 0 Å². The van der Waals surface area contributed by atoms with Gasteiger partial charge in [0.1, 0.15) is 0 Å². The molecule has 0 radical (unpaired) electrons. The van der Waals surface area contributed by atoms with Crippen molar-refractivity contribution in [2.75, 3.05) is 26.2 Å². The Hall–Kier alpha value is -1.06. The molecule has 1 aromatic carbocycles. The minimum atomic E-state index is -0.199. The van der Waals surface area contributed by atoms with E-state index in [0.717, 1.165) is 56.9 Å². The maximum absolute atomic E-state index is 13.2. The Kier molecular flexibility index (Phi) is 5.04. The van der Waals surface area contributed by atoms with Gasteiger partial charge >= 0.3 is 0 Å². The van der Waals surface area contributed by atoms with E-state index in [1.807, 2.05) is 18.2 Å². The summed E-state index contributed by atoms with van der Waals surface area (Å²) in [6.07, 6.45) is 6.25. The molecule has 3 nitrogen and oxygen atoms in total. The summed E-state index contributed by atoms with van der Waals surface area (Å²) in [7, 11) is 0. The van der Waals surface area contributed by atoms with E-state index in [1.165, 1.54) is 18.4 Å². The van der Waals surface area contributed by atoms with Crippen molar-refractivity contribution in [2.45, 2.75) is 38.5 Å². The number of carbonyl (C=O) groups excluding carboxylic acids is 1. The molecule has 1 aliphatic heterocycles. The topological polar surface area (TPSA) is 32.3 Å². The molecule has 1 amide bonds. The molecule has 22 heavy (non-hydrogen) atoms. The lowest BCUT2D eigenvalue weighted by molar-refractivity contribution is -0.141. The molecule has 0 spiro atoms. The van der Waals surface area contributed by atoms with Gasteiger partial charge in [0.25, 0.3) is 0 Å². The van der Waals surface area contributed by atoms with Gasteiger partial charge in [-0.05, 0) is 49.9 Å². The summed E-state index contributed by atoms with van der Waals surface area (Å²) in [5.41, 5.74) is 0.991. The maximum Gasteiger partial charge on any atom is 0.229 e. The van der Waals surface area contributed by atoms with Gasteiger partial charge in [-0.15, -0.1) is 0 Å². The third-order valence-corrected chi connectivity index (χ3v) is 5.31. The summed E-state index contributed by atoms with van der Waals surface area (Å²) < 4.78 is 0. The first kappa shape index (κ1) is 15.8. The van der Waals surface area contributed by atoms with E-state index in [-0.39, 0.29) is 5.41 Å². The highest BCUT2D eigenvalue weighted by atomic mass is 35.5. The molecule has 0 atom stereocenters. The van der Waals surface area contributed by atoms with Crippen LogP contribution in [0.4, 0.5) is 0 Å². The molecule has 2 aliphatic rings. The maximum atomic E-state index is 13.2. The summed E-state index contributed by atoms with van der Waals surface area (Å²) >= 11 is 6.12. The van der Waals surface area contributed by atoms with E-state index in [9.17, 15) is 4.79 Å². The van der Waals surface area contributed by atoms with Gasteiger partial charge in [-0.1, -0.05) is 36.6 Å². The number of carbonyl (C=O) groups is 1. The van der Waals surface area contributed by atoms with Gasteiger partial charge in [-0.3, -0.25) is 4.79 Å². The summed E-state index contributed by atoms with van der Waals surface area (Å²) in [5.74, 6) is 0.369. The van der Waals surface area contributed by atoms with Crippen LogP contribution in [0.1, 0.15) is 37.7 Å². The molecule has 1 aliphatic carbocycles. The molecular weight excluding hydrogens is 296 g/mol. The Labute approximate surface area is 138 Å². The second kappa shape index (κ2) is 7.01. The van der Waals surface area contributed by atoms with Crippen molar-refractivity contribution in [3.05, 3.63) is 34.9 Å². The molecule has 1 heterocycles. The van der Waals surface area contributed by atoms with Crippen LogP contribution < -0.4 is 5.32 Å². The van der Waals surface area contributed by atoms with Gasteiger partial charge in [0.15, 0.2) is 0 Å². The number of nitrogens with one attached hydrogen (secondary N) is 1. The lowest BCUT2D eigenvalue weighted by atomic mass is 9.78. The zero-order valence-electron chi connectivity index (χ0n) is 13.1. The van der Waals surface area contributed by atoms with E-state index in [4.69, 9.17) is 11.6 Å². The van der Waals surface area contributed by atoms with Crippen molar-refractivity contribution in [1.82, 2.24) is 10.2 Å². The van der Waals surface area contributed by atoms with Gasteiger partial charge in [0.2, 0.25) is 5.91 Å². The van der Waals surface area contributed by atoms with Crippen LogP contribution in [0.3, 0.4) is 0 Å². The molecule has 1 saturated heterocycles. The largest absolute Gasteiger partial charge is 0.341 e. The molecule has 0 bridgehead atoms. The molecule has 1 N–H and O–H groups in total. The molecule has 0 aromatic heterocycles. The Morgan fingerprint density at radius 1 is 1.18 bits per heavy atom. The number of hydrogen-bond acceptors (Lipinski definition) is 2. The van der Waals surface area contributed by atoms with Crippen LogP contribution >= 0.6 is 11.6 Å². The highest BCUT2D eigenvalue weighted by molar-refractivity contribution is 6.30. The fourth-order valence-electron chi connectivity index (χ4n) is 3.94. The summed E-state index contributed by atoms with van der Waals surface area (Å²) in [6.45, 7) is 3.67. The highest BCUT2D eigenvalue weighted by Gasteiger charge is 2.43. The van der Waals surface area contributed by atoms with Crippen molar-refractivity contribution in [3.63, 3.8) is 0 Å². The van der Waals surface area contributed by atoms with E-state index in [2.05, 4.69) is 16.3 Å². The van der Waals surface area contributed by atoms with Crippen LogP contribution in [0.5, 0.6) is 0 Å². The third-order valence-electron chi connectivity index (χ3n) is 5.07. The fourth-order valence-corrected chi connectivity index (χ4v) is 4.15. The predicted octanol–water partition coefficient (Wildman–Crippen LogP) is 3.26. The number of halogens is 1. The first-order chi connectivity index (χ1) is 10.7. The van der Waals surface area contributed by atoms with Crippen molar-refractivity contribution in [2.24, 2.45) is 5.41 Å². The number of benzene rings is 1. The molecule has 1 saturated carbocycles. The Balaban J connectivity index is 1.79. The number of hydrogen-bond donors (Lipinski definition) is 1. The van der Waals surface area contributed by atoms with E-state index >= 15 is 0 Å². The van der Waals surface area contributed by atoms with Gasteiger partial charge < -0.3 is 10.2 Å². The first-order valence-corrected chi connectivity index (χ1v) is 8.82. The standard InChI is InChI=1S/C18H25ClN2O/c19-16-6-3-5-15(13-16)14-18(7-1-2-8-18)17(22)21-11-4-9-20-10-12-21/h3,5-6,13,20H,1-2,4,7-12,14H2. The Bertz CT molecular complexity index is 518. The van der Waals surface area contributed by atoms with E-state index in [1.54, 1.807) is 0 Å². The lowest BCUT2D eigenvalue weighted by Crippen LogP contribution is -2.45. The molecule has 3 rings (SSSR count). The summed E-state index contributed by atoms with van der Waals surface area (Å²) in [6, 6.07) is 8.00. The number of amides is 1. The third kappa shape index (κ3) is 3.47. The molecular formula is C18H25ClN2O. The van der Waals surface area contributed by atoms with E-state index < -0.39 is 0 Å². The Morgan fingerprint density at radius 2 is 2.00 bits per heavy atom. The molecule has 0 unspecified atom stereocenters. The second-order valence-electron chi connectivity index (χ2n) is 6.69. The Morgan fingerprint density at radius 3 is 2.77 bits per heavy atom. The fraction of sp³-hybridized carbons (Fsp3) is 0.611. The average Bonchev–Trinajstić information content (AvgIpc) is 2.82. The van der Waals surface area contributed by atoms with Crippen LogP contribution in [-0.4, -0.2) is 37.0 Å². The summed E-state index contributed by atoms with van der Waals surface area (Å²) in [5, 5.41) is 4.14. The molecule has 1 aromatic rings. The SMILES string of the molecule is O=C(N1CCCNCC1)C1(Cc2cccc(Cl)c2)CCCC1. The lowest BCUT2D eigenvalue weighted by Gasteiger charge is -2.34. The predicted molar refractivity (Wildman–Crippen MR) is 90.1 cm³/mol. The minimum absolute atomic E-state index is 0.199. The second-order valence-corrected chi connectivity index (χ2v) is 7.13. The van der Waals surface area contributed by atoms with Crippen molar-refractivity contribution < 1.29 is 4.79 Å². The van der Waals surface area contributed by atoms with E-state index in [0.29, 0.717) is 5.91 Å². The van der Waals surface area contributed by atoms with Gasteiger partial charge in [-0.25, -0.2) is 0 Å². The van der Waals surface area contributed by atoms with Crippen molar-refractivity contribution in [3.8, 4) is 0 Å². The van der Waals surface area contributed by atoms with Gasteiger partial charge in [0, 0.05) is 24.7 Å². The van der Waals surface area contributed by atoms with Crippen molar-refractivity contribution in [1.29, 1.82) is 0 Å². The minimum Gasteiger partial charge on any atom is -0.341 e. The van der Waals surface area contributed by atoms with Crippen LogP contribution in [0.15, 0.2) is 24.3 Å². The monoisotopic (exact) mass is 320 g/mol. The van der Waals surface area contributed by atoms with Crippen LogP contribution in [0, 0.1) is 5.41 Å². The van der Waals surface area contributed by atoms with Crippen molar-refractivity contribution >= 4 is 17.5 Å². The smallest absolute Gasteiger partial charge is 0.229 e. The first-order valence-electron chi connectivity index (χ1n) is 8.44. The highest BCUT2D eigenvalue weighted by Crippen LogP contribution is 2.43.